The van der Waals surface area contributed by atoms with Gasteiger partial charge in [0.15, 0.2) is 41.5 Å². The van der Waals surface area contributed by atoms with Crippen molar-refractivity contribution in [2.45, 2.75) is 62.9 Å². The van der Waals surface area contributed by atoms with Crippen LogP contribution in [0.1, 0.15) is 37.1 Å². The second kappa shape index (κ2) is 13.3. The van der Waals surface area contributed by atoms with Gasteiger partial charge in [-0.25, -0.2) is 4.98 Å². The maximum Gasteiger partial charge on any atom is 0.293 e. The summed E-state index contributed by atoms with van der Waals surface area (Å²) in [6, 6.07) is 9.52. The molecule has 2 fully saturated rings. The average Bonchev–Trinajstić information content (AvgIpc) is 3.85. The smallest absolute Gasteiger partial charge is 0.293 e. The molecule has 44 heavy (non-hydrogen) atoms. The molecule has 232 valence electrons. The topological polar surface area (TPSA) is 205 Å². The summed E-state index contributed by atoms with van der Waals surface area (Å²) in [5.41, 5.74) is 1.79. The van der Waals surface area contributed by atoms with Gasteiger partial charge in [-0.15, -0.1) is 10.2 Å². The number of hydrogen-bond acceptors (Lipinski definition) is 15. The summed E-state index contributed by atoms with van der Waals surface area (Å²) in [4.78, 5) is 38.6. The minimum atomic E-state index is -1.10. The molecule has 3 aromatic heterocycles. The Kier molecular flexibility index (Phi) is 8.85. The number of nitrogens with one attached hydrogen (secondary N) is 3. The molecule has 17 heteroatoms. The van der Waals surface area contributed by atoms with Gasteiger partial charge in [0.05, 0.1) is 25.5 Å². The zero-order chi connectivity index (χ0) is 30.5. The van der Waals surface area contributed by atoms with Gasteiger partial charge in [0.1, 0.15) is 0 Å². The molecule has 4 aromatic rings. The molecular formula is C27H33N11O6. The number of aliphatic hydroxyl groups excluding tert-OH is 1. The Morgan fingerprint density at radius 2 is 2.00 bits per heavy atom. The highest BCUT2D eigenvalue weighted by Crippen LogP contribution is 2.42. The Bertz CT molecular complexity index is 1560. The molecule has 5 heterocycles. The molecule has 0 radical (unpaired) electrons. The van der Waals surface area contributed by atoms with Gasteiger partial charge >= 0.3 is 0 Å². The number of aromatic nitrogens is 8. The third kappa shape index (κ3) is 6.01. The Hall–Kier alpha value is -4.74. The van der Waals surface area contributed by atoms with Crippen molar-refractivity contribution in [2.24, 2.45) is 0 Å². The Morgan fingerprint density at radius 3 is 2.70 bits per heavy atom. The van der Waals surface area contributed by atoms with Crippen LogP contribution in [0.25, 0.3) is 11.2 Å². The lowest BCUT2D eigenvalue weighted by atomic mass is 10.1. The van der Waals surface area contributed by atoms with Crippen LogP contribution in [0.2, 0.25) is 0 Å². The highest BCUT2D eigenvalue weighted by Gasteiger charge is 2.52. The quantitative estimate of drug-likeness (QED) is 0.139. The van der Waals surface area contributed by atoms with Crippen molar-refractivity contribution < 1.29 is 28.9 Å². The van der Waals surface area contributed by atoms with Gasteiger partial charge in [-0.05, 0) is 37.1 Å². The molecule has 6 atom stereocenters. The van der Waals surface area contributed by atoms with E-state index in [9.17, 15) is 14.7 Å². The summed E-state index contributed by atoms with van der Waals surface area (Å²) in [7, 11) is 0. The van der Waals surface area contributed by atoms with E-state index >= 15 is 0 Å². The van der Waals surface area contributed by atoms with Gasteiger partial charge < -0.3 is 35.3 Å². The summed E-state index contributed by atoms with van der Waals surface area (Å²) in [6.07, 6.45) is -1.30. The molecule has 0 amide bonds. The lowest BCUT2D eigenvalue weighted by molar-refractivity contribution is -0.151. The molecule has 0 unspecified atom stereocenters. The number of carbonyl (C=O) groups excluding carboxylic acids is 2. The third-order valence-corrected chi connectivity index (χ3v) is 7.60. The maximum atomic E-state index is 11.6. The summed E-state index contributed by atoms with van der Waals surface area (Å²) >= 11 is 0. The Balaban J connectivity index is 1.39. The predicted molar refractivity (Wildman–Crippen MR) is 153 cm³/mol. The van der Waals surface area contributed by atoms with Gasteiger partial charge in [-0.2, -0.15) is 14.8 Å². The first-order valence-electron chi connectivity index (χ1n) is 14.4. The molecule has 6 rings (SSSR count). The Morgan fingerprint density at radius 1 is 1.18 bits per heavy atom. The van der Waals surface area contributed by atoms with E-state index in [4.69, 9.17) is 24.2 Å². The van der Waals surface area contributed by atoms with Gasteiger partial charge in [0, 0.05) is 12.6 Å². The van der Waals surface area contributed by atoms with E-state index in [-0.39, 0.29) is 37.5 Å². The predicted octanol–water partition coefficient (Wildman–Crippen LogP) is -0.0247. The SMILES string of the molecule is CCn1nnc([C@H]2O[C@@H](n3cnc4c(N[C@H](CO)Cc5ccccc5)nc(N[C@@H]5CCNC5)nc43)[C@H](OC=O)[C@@H]2OC=O)n1. The molecule has 4 N–H and O–H groups in total. The first-order valence-corrected chi connectivity index (χ1v) is 14.4. The molecule has 17 nitrogen and oxygen atoms in total. The Labute approximate surface area is 251 Å². The number of benzene rings is 1. The zero-order valence-electron chi connectivity index (χ0n) is 23.9. The molecular weight excluding hydrogens is 574 g/mol. The molecule has 0 spiro atoms. The molecule has 2 aliphatic heterocycles. The number of aliphatic hydroxyl groups is 1. The largest absolute Gasteiger partial charge is 0.457 e. The van der Waals surface area contributed by atoms with E-state index in [0.29, 0.717) is 35.9 Å². The van der Waals surface area contributed by atoms with Crippen molar-refractivity contribution in [1.29, 1.82) is 0 Å². The number of anilines is 2. The molecule has 2 aliphatic rings. The van der Waals surface area contributed by atoms with E-state index in [1.165, 1.54) is 11.1 Å². The molecule has 2 saturated heterocycles. The number of imidazole rings is 1. The number of hydrogen-bond donors (Lipinski definition) is 4. The number of nitrogens with zero attached hydrogens (tertiary/aromatic N) is 8. The van der Waals surface area contributed by atoms with Crippen molar-refractivity contribution in [3.05, 3.63) is 48.0 Å². The number of ether oxygens (including phenoxy) is 3. The van der Waals surface area contributed by atoms with Gasteiger partial charge in [0.2, 0.25) is 11.8 Å². The third-order valence-electron chi connectivity index (χ3n) is 7.60. The minimum absolute atomic E-state index is 0.102. The molecule has 1 aromatic carbocycles. The average molecular weight is 608 g/mol. The lowest BCUT2D eigenvalue weighted by Crippen LogP contribution is -2.34. The van der Waals surface area contributed by atoms with Gasteiger partial charge in [-0.1, -0.05) is 30.3 Å². The highest BCUT2D eigenvalue weighted by atomic mass is 16.6. The summed E-state index contributed by atoms with van der Waals surface area (Å²) in [6.45, 7) is 4.27. The van der Waals surface area contributed by atoms with Crippen LogP contribution in [0.3, 0.4) is 0 Å². The number of fused-ring (bicyclic) bond motifs is 1. The van der Waals surface area contributed by atoms with Crippen LogP contribution >= 0.6 is 0 Å². The number of aryl methyl sites for hydroxylation is 1. The summed E-state index contributed by atoms with van der Waals surface area (Å²) in [5.74, 6) is 0.889. The van der Waals surface area contributed by atoms with Crippen molar-refractivity contribution in [3.63, 3.8) is 0 Å². The fraction of sp³-hybridized carbons (Fsp3) is 0.481. The number of rotatable bonds is 14. The standard InChI is InChI=1S/C27H33N11O6/c1-2-38-35-24(34-36-38)21-20(42-14-40)22(43-15-41)26(44-21)37-13-29-19-23(30-18(12-39)10-16-6-4-3-5-7-16)32-27(33-25(19)37)31-17-8-9-28-11-17/h3-7,13-15,17-18,20-22,26,28,39H,2,8-12H2,1H3,(H2,30,31,32,33)/t17-,18+,20-,21+,22-,26-/m1/s1. The first kappa shape index (κ1) is 29.3. The first-order chi connectivity index (χ1) is 21.6. The van der Waals surface area contributed by atoms with Crippen LogP contribution in [-0.4, -0.2) is 102 Å². The summed E-state index contributed by atoms with van der Waals surface area (Å²) in [5, 5.41) is 32.6. The van der Waals surface area contributed by atoms with Crippen LogP contribution in [0.15, 0.2) is 36.7 Å². The molecule has 0 saturated carbocycles. The van der Waals surface area contributed by atoms with Crippen LogP contribution in [0.4, 0.5) is 11.8 Å². The second-order valence-electron chi connectivity index (χ2n) is 10.4. The van der Waals surface area contributed by atoms with Crippen molar-refractivity contribution in [1.82, 2.24) is 45.0 Å². The normalized spacial score (nSPS) is 23.8. The number of tetrazole rings is 1. The molecule has 0 bridgehead atoms. The fourth-order valence-corrected chi connectivity index (χ4v) is 5.48. The van der Waals surface area contributed by atoms with E-state index < -0.39 is 24.5 Å². The van der Waals surface area contributed by atoms with E-state index in [1.54, 1.807) is 4.57 Å². The number of carbonyl (C=O) groups is 2. The summed E-state index contributed by atoms with van der Waals surface area (Å²) < 4.78 is 18.7. The van der Waals surface area contributed by atoms with Crippen LogP contribution in [0.5, 0.6) is 0 Å². The maximum absolute atomic E-state index is 11.6. The van der Waals surface area contributed by atoms with E-state index in [0.717, 1.165) is 25.1 Å². The zero-order valence-corrected chi connectivity index (χ0v) is 23.9. The molecule has 0 aliphatic carbocycles. The highest BCUT2D eigenvalue weighted by molar-refractivity contribution is 5.84. The van der Waals surface area contributed by atoms with Crippen LogP contribution < -0.4 is 16.0 Å². The van der Waals surface area contributed by atoms with E-state index in [2.05, 4.69) is 36.3 Å². The van der Waals surface area contributed by atoms with Crippen LogP contribution in [0, 0.1) is 0 Å². The van der Waals surface area contributed by atoms with Crippen molar-refractivity contribution in [3.8, 4) is 0 Å². The van der Waals surface area contributed by atoms with Gasteiger partial charge in [0.25, 0.3) is 12.9 Å². The van der Waals surface area contributed by atoms with Crippen molar-refractivity contribution >= 4 is 35.9 Å². The lowest BCUT2D eigenvalue weighted by Gasteiger charge is -2.22. The second-order valence-corrected chi connectivity index (χ2v) is 10.4. The van der Waals surface area contributed by atoms with Gasteiger partial charge in [-0.3, -0.25) is 14.2 Å². The fourth-order valence-electron chi connectivity index (χ4n) is 5.48. The van der Waals surface area contributed by atoms with Crippen molar-refractivity contribution in [2.75, 3.05) is 30.3 Å². The monoisotopic (exact) mass is 607 g/mol. The van der Waals surface area contributed by atoms with Crippen LogP contribution in [-0.2, 0) is 36.8 Å². The minimum Gasteiger partial charge on any atom is -0.457 e. The van der Waals surface area contributed by atoms with E-state index in [1.807, 2.05) is 37.3 Å².